The van der Waals surface area contributed by atoms with Gasteiger partial charge in [-0.1, -0.05) is 22.9 Å². The molecule has 0 saturated carbocycles. The topological polar surface area (TPSA) is 54.5 Å². The highest BCUT2D eigenvalue weighted by Crippen LogP contribution is 2.28. The van der Waals surface area contributed by atoms with E-state index in [9.17, 15) is 4.79 Å². The minimum Gasteiger partial charge on any atom is -0.373 e. The molecule has 1 amide bonds. The van der Waals surface area contributed by atoms with Crippen LogP contribution in [0.5, 0.6) is 0 Å². The van der Waals surface area contributed by atoms with E-state index in [1.165, 1.54) is 11.3 Å². The number of fused-ring (bicyclic) bond motifs is 1. The van der Waals surface area contributed by atoms with Crippen molar-refractivity contribution in [2.75, 3.05) is 25.0 Å². The number of anilines is 1. The maximum Gasteiger partial charge on any atom is 0.240 e. The Morgan fingerprint density at radius 2 is 2.18 bits per heavy atom. The number of nitrogens with zero attached hydrogens (tertiary/aromatic N) is 2. The fraction of sp³-hybridized carbons (Fsp3) is 0.467. The van der Waals surface area contributed by atoms with Gasteiger partial charge in [0, 0.05) is 18.1 Å². The van der Waals surface area contributed by atoms with Crippen molar-refractivity contribution in [1.82, 2.24) is 9.88 Å². The second-order valence-corrected chi connectivity index (χ2v) is 7.10. The lowest BCUT2D eigenvalue weighted by molar-refractivity contribution is -0.121. The van der Waals surface area contributed by atoms with E-state index in [1.807, 2.05) is 26.0 Å². The molecule has 7 heteroatoms. The first kappa shape index (κ1) is 15.7. The summed E-state index contributed by atoms with van der Waals surface area (Å²) in [6, 6.07) is 5.54. The number of halogens is 1. The summed E-state index contributed by atoms with van der Waals surface area (Å²) in [4.78, 5) is 18.7. The molecule has 118 valence electrons. The van der Waals surface area contributed by atoms with Gasteiger partial charge in [-0.25, -0.2) is 4.98 Å². The number of ether oxygens (including phenoxy) is 1. The molecule has 2 heterocycles. The summed E-state index contributed by atoms with van der Waals surface area (Å²) < 4.78 is 6.68. The lowest BCUT2D eigenvalue weighted by Crippen LogP contribution is -2.48. The van der Waals surface area contributed by atoms with Gasteiger partial charge in [-0.3, -0.25) is 9.69 Å². The van der Waals surface area contributed by atoms with Crippen LogP contribution in [-0.4, -0.2) is 47.6 Å². The molecule has 1 aromatic carbocycles. The second kappa shape index (κ2) is 6.50. The highest BCUT2D eigenvalue weighted by molar-refractivity contribution is 7.22. The minimum atomic E-state index is -0.0496. The summed E-state index contributed by atoms with van der Waals surface area (Å²) in [7, 11) is 0. The van der Waals surface area contributed by atoms with Crippen LogP contribution in [0, 0.1) is 0 Å². The third-order valence-corrected chi connectivity index (χ3v) is 4.65. The maximum absolute atomic E-state index is 12.2. The first-order valence-electron chi connectivity index (χ1n) is 7.23. The van der Waals surface area contributed by atoms with E-state index in [-0.39, 0.29) is 18.1 Å². The van der Waals surface area contributed by atoms with Gasteiger partial charge >= 0.3 is 0 Å². The zero-order valence-electron chi connectivity index (χ0n) is 12.5. The van der Waals surface area contributed by atoms with E-state index >= 15 is 0 Å². The normalized spacial score (nSPS) is 22.9. The Balaban J connectivity index is 1.63. The molecule has 2 atom stereocenters. The first-order chi connectivity index (χ1) is 10.5. The van der Waals surface area contributed by atoms with Gasteiger partial charge < -0.3 is 10.1 Å². The van der Waals surface area contributed by atoms with Gasteiger partial charge in [0.2, 0.25) is 5.91 Å². The van der Waals surface area contributed by atoms with Crippen molar-refractivity contribution >= 4 is 44.2 Å². The van der Waals surface area contributed by atoms with Crippen LogP contribution in [0.1, 0.15) is 13.8 Å². The van der Waals surface area contributed by atoms with E-state index in [0.29, 0.717) is 16.7 Å². The van der Waals surface area contributed by atoms with Crippen LogP contribution in [0.4, 0.5) is 5.13 Å². The Hall–Kier alpha value is -1.21. The molecule has 1 aliphatic heterocycles. The summed E-state index contributed by atoms with van der Waals surface area (Å²) in [6.45, 7) is 5.95. The summed E-state index contributed by atoms with van der Waals surface area (Å²) in [5.74, 6) is -0.0496. The number of aromatic nitrogens is 1. The predicted octanol–water partition coefficient (Wildman–Crippen LogP) is 3.00. The molecule has 2 aromatic rings. The third-order valence-electron chi connectivity index (χ3n) is 3.46. The van der Waals surface area contributed by atoms with Crippen molar-refractivity contribution in [1.29, 1.82) is 0 Å². The summed E-state index contributed by atoms with van der Waals surface area (Å²) in [5, 5.41) is 4.12. The molecule has 5 nitrogen and oxygen atoms in total. The Bertz CT molecular complexity index is 680. The number of carbonyl (C=O) groups excluding carboxylic acids is 1. The number of hydrogen-bond acceptors (Lipinski definition) is 5. The fourth-order valence-electron chi connectivity index (χ4n) is 2.73. The number of nitrogens with one attached hydrogen (secondary N) is 1. The van der Waals surface area contributed by atoms with Crippen molar-refractivity contribution in [3.8, 4) is 0 Å². The Morgan fingerprint density at radius 3 is 2.91 bits per heavy atom. The van der Waals surface area contributed by atoms with Crippen LogP contribution >= 0.6 is 22.9 Å². The largest absolute Gasteiger partial charge is 0.373 e. The van der Waals surface area contributed by atoms with E-state index < -0.39 is 0 Å². The lowest BCUT2D eigenvalue weighted by Gasteiger charge is -2.34. The van der Waals surface area contributed by atoms with Crippen LogP contribution in [0.15, 0.2) is 18.2 Å². The van der Waals surface area contributed by atoms with Crippen molar-refractivity contribution < 1.29 is 9.53 Å². The number of amides is 1. The van der Waals surface area contributed by atoms with E-state index in [4.69, 9.17) is 16.3 Å². The molecule has 1 fully saturated rings. The van der Waals surface area contributed by atoms with Gasteiger partial charge in [0.05, 0.1) is 29.0 Å². The fourth-order valence-corrected chi connectivity index (χ4v) is 3.76. The molecule has 0 aliphatic carbocycles. The van der Waals surface area contributed by atoms with Crippen molar-refractivity contribution in [3.05, 3.63) is 23.2 Å². The second-order valence-electron chi connectivity index (χ2n) is 5.63. The summed E-state index contributed by atoms with van der Waals surface area (Å²) in [6.07, 6.45) is 0.308. The zero-order chi connectivity index (χ0) is 15.7. The molecule has 22 heavy (non-hydrogen) atoms. The summed E-state index contributed by atoms with van der Waals surface area (Å²) in [5.41, 5.74) is 0.807. The standard InChI is InChI=1S/C15H18ClN3O2S/c1-9-6-19(7-10(2)21-9)8-14(20)18-15-17-12-5-11(16)3-4-13(12)22-15/h3-5,9-10H,6-8H2,1-2H3,(H,17,18,20)/t9-,10-/m0/s1. The van der Waals surface area contributed by atoms with Crippen LogP contribution < -0.4 is 5.32 Å². The summed E-state index contributed by atoms with van der Waals surface area (Å²) >= 11 is 7.40. The average Bonchev–Trinajstić information content (AvgIpc) is 2.78. The molecule has 0 unspecified atom stereocenters. The molecule has 0 bridgehead atoms. The molecule has 1 aromatic heterocycles. The van der Waals surface area contributed by atoms with Gasteiger partial charge in [0.1, 0.15) is 0 Å². The average molecular weight is 340 g/mol. The van der Waals surface area contributed by atoms with Gasteiger partial charge in [-0.05, 0) is 32.0 Å². The Kier molecular flexibility index (Phi) is 4.63. The molecule has 1 N–H and O–H groups in total. The number of thiazole rings is 1. The SMILES string of the molecule is C[C@H]1CN(CC(=O)Nc2nc3cc(Cl)ccc3s2)C[C@H](C)O1. The van der Waals surface area contributed by atoms with Crippen LogP contribution in [0.2, 0.25) is 5.02 Å². The molecule has 3 rings (SSSR count). The van der Waals surface area contributed by atoms with Gasteiger partial charge in [0.25, 0.3) is 0 Å². The lowest BCUT2D eigenvalue weighted by atomic mass is 10.2. The van der Waals surface area contributed by atoms with E-state index in [1.54, 1.807) is 6.07 Å². The number of hydrogen-bond donors (Lipinski definition) is 1. The van der Waals surface area contributed by atoms with Crippen LogP contribution in [-0.2, 0) is 9.53 Å². The van der Waals surface area contributed by atoms with Crippen LogP contribution in [0.25, 0.3) is 10.2 Å². The molecule has 0 spiro atoms. The minimum absolute atomic E-state index is 0.0496. The smallest absolute Gasteiger partial charge is 0.240 e. The monoisotopic (exact) mass is 339 g/mol. The molecule has 1 saturated heterocycles. The first-order valence-corrected chi connectivity index (χ1v) is 8.43. The van der Waals surface area contributed by atoms with Crippen molar-refractivity contribution in [2.45, 2.75) is 26.1 Å². The van der Waals surface area contributed by atoms with E-state index in [2.05, 4.69) is 15.2 Å². The van der Waals surface area contributed by atoms with Crippen molar-refractivity contribution in [2.24, 2.45) is 0 Å². The highest BCUT2D eigenvalue weighted by Gasteiger charge is 2.23. The Morgan fingerprint density at radius 1 is 1.45 bits per heavy atom. The van der Waals surface area contributed by atoms with Crippen molar-refractivity contribution in [3.63, 3.8) is 0 Å². The number of carbonyl (C=O) groups is 1. The zero-order valence-corrected chi connectivity index (χ0v) is 14.1. The van der Waals surface area contributed by atoms with Gasteiger partial charge in [-0.15, -0.1) is 0 Å². The number of rotatable bonds is 3. The molecular formula is C15H18ClN3O2S. The third kappa shape index (κ3) is 3.76. The predicted molar refractivity (Wildman–Crippen MR) is 89.7 cm³/mol. The van der Waals surface area contributed by atoms with Gasteiger partial charge in [-0.2, -0.15) is 0 Å². The van der Waals surface area contributed by atoms with Crippen LogP contribution in [0.3, 0.4) is 0 Å². The number of benzene rings is 1. The number of morpholine rings is 1. The molecule has 1 aliphatic rings. The maximum atomic E-state index is 12.2. The quantitative estimate of drug-likeness (QED) is 0.934. The highest BCUT2D eigenvalue weighted by atomic mass is 35.5. The molecule has 0 radical (unpaired) electrons. The van der Waals surface area contributed by atoms with Gasteiger partial charge in [0.15, 0.2) is 5.13 Å². The van der Waals surface area contributed by atoms with E-state index in [0.717, 1.165) is 23.3 Å². The Labute approximate surface area is 138 Å². The molecular weight excluding hydrogens is 322 g/mol.